The van der Waals surface area contributed by atoms with E-state index in [1.165, 1.54) is 19.1 Å². The van der Waals surface area contributed by atoms with Crippen molar-refractivity contribution in [2.75, 3.05) is 23.8 Å². The molecular weight excluding hydrogens is 509 g/mol. The van der Waals surface area contributed by atoms with Crippen molar-refractivity contribution >= 4 is 21.7 Å². The molecule has 0 fully saturated rings. The van der Waals surface area contributed by atoms with E-state index >= 15 is 0 Å². The number of rotatable bonds is 7. The van der Waals surface area contributed by atoms with Gasteiger partial charge in [-0.15, -0.1) is 0 Å². The Labute approximate surface area is 211 Å². The highest BCUT2D eigenvalue weighted by Gasteiger charge is 2.37. The number of primary amides is 1. The van der Waals surface area contributed by atoms with Gasteiger partial charge in [0.05, 0.1) is 28.9 Å². The van der Waals surface area contributed by atoms with Crippen molar-refractivity contribution < 1.29 is 31.5 Å². The number of carbonyl (C=O) groups is 1. The number of aromatic nitrogens is 2. The largest absolute Gasteiger partial charge is 0.419 e. The predicted octanol–water partition coefficient (Wildman–Crippen LogP) is 3.27. The fraction of sp³-hybridized carbons (Fsp3) is 0.320. The molecular formula is C25H25F3N4O4S. The van der Waals surface area contributed by atoms with Gasteiger partial charge in [0.25, 0.3) is 0 Å². The van der Waals surface area contributed by atoms with Crippen LogP contribution < -0.4 is 10.6 Å². The van der Waals surface area contributed by atoms with Gasteiger partial charge in [0.2, 0.25) is 11.9 Å². The minimum atomic E-state index is -4.60. The van der Waals surface area contributed by atoms with E-state index in [2.05, 4.69) is 9.97 Å². The van der Waals surface area contributed by atoms with E-state index in [0.717, 1.165) is 5.56 Å². The molecule has 2 aromatic carbocycles. The summed E-state index contributed by atoms with van der Waals surface area (Å²) in [4.78, 5) is 21.7. The summed E-state index contributed by atoms with van der Waals surface area (Å²) in [5.74, 6) is -1.36. The first-order chi connectivity index (χ1) is 17.5. The van der Waals surface area contributed by atoms with E-state index < -0.39 is 39.4 Å². The van der Waals surface area contributed by atoms with Crippen LogP contribution in [0.1, 0.15) is 51.5 Å². The van der Waals surface area contributed by atoms with Gasteiger partial charge in [-0.2, -0.15) is 13.2 Å². The van der Waals surface area contributed by atoms with Crippen molar-refractivity contribution in [3.05, 3.63) is 82.7 Å². The number of aliphatic hydroxyl groups is 1. The zero-order valence-electron chi connectivity index (χ0n) is 19.8. The third-order valence-corrected chi connectivity index (χ3v) is 8.30. The number of hydrogen-bond donors (Lipinski definition) is 2. The fourth-order valence-corrected chi connectivity index (χ4v) is 5.43. The molecule has 1 amide bonds. The molecule has 0 radical (unpaired) electrons. The van der Waals surface area contributed by atoms with Gasteiger partial charge in [-0.25, -0.2) is 18.4 Å². The van der Waals surface area contributed by atoms with E-state index in [9.17, 15) is 31.5 Å². The van der Waals surface area contributed by atoms with E-state index in [1.807, 2.05) is 0 Å². The van der Waals surface area contributed by atoms with Crippen molar-refractivity contribution in [2.24, 2.45) is 5.73 Å². The van der Waals surface area contributed by atoms with Crippen LogP contribution in [0.4, 0.5) is 19.1 Å². The Balaban J connectivity index is 1.83. The Kier molecular flexibility index (Phi) is 7.24. The van der Waals surface area contributed by atoms with Gasteiger partial charge < -0.3 is 15.7 Å². The van der Waals surface area contributed by atoms with Crippen LogP contribution in [0, 0.1) is 0 Å². The number of halogens is 3. The molecule has 196 valence electrons. The van der Waals surface area contributed by atoms with Crippen LogP contribution >= 0.6 is 0 Å². The third-order valence-electron chi connectivity index (χ3n) is 6.55. The fourth-order valence-electron chi connectivity index (χ4n) is 4.55. The zero-order chi connectivity index (χ0) is 27.0. The maximum atomic E-state index is 13.1. The minimum Gasteiger partial charge on any atom is -0.396 e. The normalized spacial score (nSPS) is 16.8. The van der Waals surface area contributed by atoms with Gasteiger partial charge in [-0.1, -0.05) is 25.1 Å². The maximum absolute atomic E-state index is 13.1. The Hall–Kier alpha value is -3.51. The van der Waals surface area contributed by atoms with Crippen molar-refractivity contribution in [1.29, 1.82) is 0 Å². The van der Waals surface area contributed by atoms with E-state index in [4.69, 9.17) is 5.73 Å². The maximum Gasteiger partial charge on any atom is 0.419 e. The van der Waals surface area contributed by atoms with Gasteiger partial charge >= 0.3 is 6.18 Å². The standard InChI is InChI=1S/C25H25F3N4O4S/c1-2-37(35,36)19-7-5-15(6-8-19)21(14-33)22-20-11-17(23(29)34)4-3-16(20)9-10-32(22)24-30-12-18(13-31-24)25(26,27)28/h3-8,11-13,21-22,33H,2,9-10,14H2,1H3,(H2,29,34)/t21-,22?/m1/s1. The van der Waals surface area contributed by atoms with Crippen LogP contribution in [0.3, 0.4) is 0 Å². The highest BCUT2D eigenvalue weighted by molar-refractivity contribution is 7.91. The Morgan fingerprint density at radius 1 is 1.16 bits per heavy atom. The van der Waals surface area contributed by atoms with E-state index in [1.54, 1.807) is 35.2 Å². The molecule has 0 spiro atoms. The first kappa shape index (κ1) is 26.6. The lowest BCUT2D eigenvalue weighted by molar-refractivity contribution is -0.138. The van der Waals surface area contributed by atoms with Crippen molar-refractivity contribution in [1.82, 2.24) is 9.97 Å². The second kappa shape index (κ2) is 10.1. The first-order valence-electron chi connectivity index (χ1n) is 11.5. The summed E-state index contributed by atoms with van der Waals surface area (Å²) in [7, 11) is -3.44. The minimum absolute atomic E-state index is 0.0248. The highest BCUT2D eigenvalue weighted by Crippen LogP contribution is 2.42. The molecule has 2 heterocycles. The van der Waals surface area contributed by atoms with Crippen LogP contribution in [0.15, 0.2) is 59.8 Å². The Morgan fingerprint density at radius 3 is 2.35 bits per heavy atom. The number of aliphatic hydroxyl groups excluding tert-OH is 1. The predicted molar refractivity (Wildman–Crippen MR) is 130 cm³/mol. The molecule has 1 aliphatic rings. The highest BCUT2D eigenvalue weighted by atomic mass is 32.2. The molecule has 12 heteroatoms. The number of amides is 1. The number of benzene rings is 2. The van der Waals surface area contributed by atoms with Crippen molar-refractivity contribution in [2.45, 2.75) is 36.4 Å². The van der Waals surface area contributed by atoms with Crippen LogP contribution in [0.2, 0.25) is 0 Å². The molecule has 1 aromatic heterocycles. The number of alkyl halides is 3. The second-order valence-electron chi connectivity index (χ2n) is 8.70. The van der Waals surface area contributed by atoms with Crippen LogP contribution in [-0.4, -0.2) is 48.3 Å². The summed E-state index contributed by atoms with van der Waals surface area (Å²) < 4.78 is 63.8. The van der Waals surface area contributed by atoms with Gasteiger partial charge in [0.15, 0.2) is 9.84 Å². The quantitative estimate of drug-likeness (QED) is 0.476. The van der Waals surface area contributed by atoms with Crippen LogP contribution in [0.5, 0.6) is 0 Å². The SMILES string of the molecule is CCS(=O)(=O)c1ccc([C@@H](CO)C2c3cc(C(N)=O)ccc3CCN2c2ncc(C(F)(F)F)cn2)cc1. The summed E-state index contributed by atoms with van der Waals surface area (Å²) in [5.41, 5.74) is 6.86. The van der Waals surface area contributed by atoms with Gasteiger partial charge in [-0.05, 0) is 47.4 Å². The third kappa shape index (κ3) is 5.30. The van der Waals surface area contributed by atoms with Gasteiger partial charge in [0, 0.05) is 30.4 Å². The molecule has 0 saturated heterocycles. The number of nitrogens with zero attached hydrogens (tertiary/aromatic N) is 3. The van der Waals surface area contributed by atoms with Gasteiger partial charge in [0.1, 0.15) is 0 Å². The first-order valence-corrected chi connectivity index (χ1v) is 13.1. The lowest BCUT2D eigenvalue weighted by Crippen LogP contribution is -2.41. The summed E-state index contributed by atoms with van der Waals surface area (Å²) in [5, 5.41) is 10.5. The zero-order valence-corrected chi connectivity index (χ0v) is 20.6. The molecule has 8 nitrogen and oxygen atoms in total. The molecule has 4 rings (SSSR count). The number of fused-ring (bicyclic) bond motifs is 1. The molecule has 1 unspecified atom stereocenters. The molecule has 3 N–H and O–H groups in total. The molecule has 3 aromatic rings. The molecule has 0 aliphatic carbocycles. The number of hydrogen-bond acceptors (Lipinski definition) is 7. The number of sulfone groups is 1. The Morgan fingerprint density at radius 2 is 1.81 bits per heavy atom. The molecule has 37 heavy (non-hydrogen) atoms. The molecule has 0 saturated carbocycles. The van der Waals surface area contributed by atoms with Crippen LogP contribution in [0.25, 0.3) is 0 Å². The number of anilines is 1. The summed E-state index contributed by atoms with van der Waals surface area (Å²) in [6.45, 7) is 1.48. The molecule has 1 aliphatic heterocycles. The summed E-state index contributed by atoms with van der Waals surface area (Å²) >= 11 is 0. The number of carbonyl (C=O) groups excluding carboxylic acids is 1. The smallest absolute Gasteiger partial charge is 0.396 e. The van der Waals surface area contributed by atoms with Crippen molar-refractivity contribution in [3.8, 4) is 0 Å². The molecule has 2 atom stereocenters. The second-order valence-corrected chi connectivity index (χ2v) is 11.0. The van der Waals surface area contributed by atoms with E-state index in [-0.39, 0.29) is 28.8 Å². The van der Waals surface area contributed by atoms with Crippen molar-refractivity contribution in [3.63, 3.8) is 0 Å². The average molecular weight is 535 g/mol. The summed E-state index contributed by atoms with van der Waals surface area (Å²) in [6.07, 6.45) is -2.71. The topological polar surface area (TPSA) is 126 Å². The number of nitrogens with two attached hydrogens (primary N) is 1. The van der Waals surface area contributed by atoms with E-state index in [0.29, 0.717) is 36.5 Å². The summed E-state index contributed by atoms with van der Waals surface area (Å²) in [6, 6.07) is 10.4. The van der Waals surface area contributed by atoms with Crippen LogP contribution in [-0.2, 0) is 22.4 Å². The lowest BCUT2D eigenvalue weighted by atomic mass is 9.81. The molecule has 0 bridgehead atoms. The lowest BCUT2D eigenvalue weighted by Gasteiger charge is -2.41. The average Bonchev–Trinajstić information content (AvgIpc) is 2.88. The Bertz CT molecular complexity index is 1390. The van der Waals surface area contributed by atoms with Gasteiger partial charge in [-0.3, -0.25) is 4.79 Å². The monoisotopic (exact) mass is 534 g/mol.